The van der Waals surface area contributed by atoms with Gasteiger partial charge in [0.05, 0.1) is 12.7 Å². The number of aliphatic hydroxyl groups is 1. The van der Waals surface area contributed by atoms with Crippen molar-refractivity contribution < 1.29 is 14.6 Å². The van der Waals surface area contributed by atoms with Crippen LogP contribution in [0.4, 0.5) is 0 Å². The molecule has 0 aromatic heterocycles. The number of alkyl halides is 1. The van der Waals surface area contributed by atoms with Crippen molar-refractivity contribution in [1.29, 1.82) is 0 Å². The summed E-state index contributed by atoms with van der Waals surface area (Å²) < 4.78 is 4.64. The minimum Gasteiger partial charge on any atom is -0.465 e. The van der Waals surface area contributed by atoms with Gasteiger partial charge in [-0.25, -0.2) is 0 Å². The zero-order valence-electron chi connectivity index (χ0n) is 7.42. The van der Waals surface area contributed by atoms with Crippen molar-refractivity contribution in [2.75, 3.05) is 6.61 Å². The van der Waals surface area contributed by atoms with Crippen molar-refractivity contribution in [3.8, 4) is 0 Å². The highest BCUT2D eigenvalue weighted by molar-refractivity contribution is 6.30. The Balaban J connectivity index is 3.82. The molecule has 0 unspecified atom stereocenters. The van der Waals surface area contributed by atoms with Gasteiger partial charge in [-0.1, -0.05) is 13.3 Å². The number of carbonyl (C=O) groups is 1. The van der Waals surface area contributed by atoms with Crippen molar-refractivity contribution in [1.82, 2.24) is 0 Å². The molecule has 0 saturated carbocycles. The van der Waals surface area contributed by atoms with Crippen LogP contribution in [0.15, 0.2) is 0 Å². The van der Waals surface area contributed by atoms with Crippen LogP contribution in [0.25, 0.3) is 0 Å². The number of aliphatic hydroxyl groups excluding tert-OH is 1. The molecule has 0 amide bonds. The van der Waals surface area contributed by atoms with Crippen molar-refractivity contribution in [3.05, 3.63) is 0 Å². The number of hydrogen-bond acceptors (Lipinski definition) is 3. The van der Waals surface area contributed by atoms with Crippen molar-refractivity contribution in [2.45, 2.75) is 38.2 Å². The van der Waals surface area contributed by atoms with Gasteiger partial charge < -0.3 is 9.84 Å². The molecule has 0 aliphatic rings. The molecule has 0 aliphatic heterocycles. The second-order valence-electron chi connectivity index (χ2n) is 2.51. The molecule has 0 saturated heterocycles. The maximum atomic E-state index is 10.9. The molecule has 0 rings (SSSR count). The summed E-state index contributed by atoms with van der Waals surface area (Å²) in [5.41, 5.74) is 0. The zero-order valence-corrected chi connectivity index (χ0v) is 8.17. The lowest BCUT2D eigenvalue weighted by atomic mass is 10.1. The fourth-order valence-corrected chi connectivity index (χ4v) is 1.01. The van der Waals surface area contributed by atoms with Crippen LogP contribution in [-0.2, 0) is 9.53 Å². The van der Waals surface area contributed by atoms with Crippen LogP contribution in [0.5, 0.6) is 0 Å². The van der Waals surface area contributed by atoms with Gasteiger partial charge in [-0.05, 0) is 13.3 Å². The van der Waals surface area contributed by atoms with Crippen LogP contribution in [0.2, 0.25) is 0 Å². The van der Waals surface area contributed by atoms with Crippen molar-refractivity contribution in [3.63, 3.8) is 0 Å². The molecule has 2 atom stereocenters. The van der Waals surface area contributed by atoms with Crippen LogP contribution in [0.1, 0.15) is 26.7 Å². The fourth-order valence-electron chi connectivity index (χ4n) is 0.821. The molecule has 12 heavy (non-hydrogen) atoms. The van der Waals surface area contributed by atoms with E-state index in [1.165, 1.54) is 0 Å². The van der Waals surface area contributed by atoms with Crippen LogP contribution < -0.4 is 0 Å². The zero-order chi connectivity index (χ0) is 9.56. The first-order chi connectivity index (χ1) is 5.63. The van der Waals surface area contributed by atoms with Crippen LogP contribution in [-0.4, -0.2) is 29.2 Å². The number of halogens is 1. The second-order valence-corrected chi connectivity index (χ2v) is 2.98. The van der Waals surface area contributed by atoms with E-state index in [1.807, 2.05) is 6.92 Å². The number of rotatable bonds is 5. The Labute approximate surface area is 77.7 Å². The summed E-state index contributed by atoms with van der Waals surface area (Å²) in [5, 5.41) is 8.36. The monoisotopic (exact) mass is 194 g/mol. The maximum absolute atomic E-state index is 10.9. The first kappa shape index (κ1) is 11.7. The average molecular weight is 195 g/mol. The van der Waals surface area contributed by atoms with E-state index in [9.17, 15) is 9.90 Å². The largest absolute Gasteiger partial charge is 0.465 e. The van der Waals surface area contributed by atoms with Gasteiger partial charge in [0.1, 0.15) is 0 Å². The Kier molecular flexibility index (Phi) is 6.11. The highest BCUT2D eigenvalue weighted by Gasteiger charge is 2.24. The third-order valence-corrected chi connectivity index (χ3v) is 1.90. The van der Waals surface area contributed by atoms with Crippen LogP contribution >= 0.6 is 11.6 Å². The van der Waals surface area contributed by atoms with Gasteiger partial charge in [0.2, 0.25) is 0 Å². The smallest absolute Gasteiger partial charge is 0.326 e. The highest BCUT2D eigenvalue weighted by atomic mass is 35.5. The maximum Gasteiger partial charge on any atom is 0.326 e. The quantitative estimate of drug-likeness (QED) is 0.531. The van der Waals surface area contributed by atoms with Crippen molar-refractivity contribution in [2.24, 2.45) is 0 Å². The summed E-state index contributed by atoms with van der Waals surface area (Å²) in [6.45, 7) is 3.91. The first-order valence-corrected chi connectivity index (χ1v) is 4.55. The van der Waals surface area contributed by atoms with E-state index >= 15 is 0 Å². The fraction of sp³-hybridized carbons (Fsp3) is 0.875. The summed E-state index contributed by atoms with van der Waals surface area (Å²) in [4.78, 5) is 10.9. The predicted octanol–water partition coefficient (Wildman–Crippen LogP) is 1.32. The molecule has 0 heterocycles. The molecule has 72 valence electrons. The van der Waals surface area contributed by atoms with E-state index in [4.69, 9.17) is 11.6 Å². The van der Waals surface area contributed by atoms with Gasteiger partial charge in [-0.15, -0.1) is 11.6 Å². The van der Waals surface area contributed by atoms with Gasteiger partial charge in [0, 0.05) is 0 Å². The highest BCUT2D eigenvalue weighted by Crippen LogP contribution is 2.10. The molecule has 0 spiro atoms. The Hall–Kier alpha value is -0.280. The topological polar surface area (TPSA) is 46.5 Å². The average Bonchev–Trinajstić information content (AvgIpc) is 2.04. The normalized spacial score (nSPS) is 15.3. The summed E-state index contributed by atoms with van der Waals surface area (Å²) in [6.07, 6.45) is 0.521. The van der Waals surface area contributed by atoms with E-state index < -0.39 is 17.5 Å². The standard InChI is InChI=1S/C8H15ClO3/c1-3-5-6(10)7(9)8(11)12-4-2/h6-7,10H,3-5H2,1-2H3/t6-,7-/m0/s1. The summed E-state index contributed by atoms with van der Waals surface area (Å²) in [5.74, 6) is -0.542. The van der Waals surface area contributed by atoms with Gasteiger partial charge in [0.25, 0.3) is 0 Å². The SMILES string of the molecule is CCC[C@H](O)[C@H](Cl)C(=O)OCC. The molecule has 0 aliphatic carbocycles. The molecular weight excluding hydrogens is 180 g/mol. The van der Waals surface area contributed by atoms with E-state index in [2.05, 4.69) is 4.74 Å². The third-order valence-electron chi connectivity index (χ3n) is 1.43. The lowest BCUT2D eigenvalue weighted by molar-refractivity contribution is -0.144. The van der Waals surface area contributed by atoms with Crippen LogP contribution in [0.3, 0.4) is 0 Å². The van der Waals surface area contributed by atoms with Gasteiger partial charge >= 0.3 is 5.97 Å². The number of esters is 1. The lowest BCUT2D eigenvalue weighted by Gasteiger charge is -2.14. The summed E-state index contributed by atoms with van der Waals surface area (Å²) in [7, 11) is 0. The van der Waals surface area contributed by atoms with E-state index in [1.54, 1.807) is 6.92 Å². The number of hydrogen-bond donors (Lipinski definition) is 1. The van der Waals surface area contributed by atoms with E-state index in [-0.39, 0.29) is 0 Å². The van der Waals surface area contributed by atoms with Gasteiger partial charge in [0.15, 0.2) is 5.38 Å². The third kappa shape index (κ3) is 3.93. The Bertz CT molecular complexity index is 138. The second kappa shape index (κ2) is 6.26. The first-order valence-electron chi connectivity index (χ1n) is 4.12. The van der Waals surface area contributed by atoms with Gasteiger partial charge in [-0.2, -0.15) is 0 Å². The number of carbonyl (C=O) groups excluding carboxylic acids is 1. The van der Waals surface area contributed by atoms with Gasteiger partial charge in [-0.3, -0.25) is 4.79 Å². The Morgan fingerprint density at radius 2 is 2.17 bits per heavy atom. The van der Waals surface area contributed by atoms with Crippen molar-refractivity contribution >= 4 is 17.6 Å². The predicted molar refractivity (Wildman–Crippen MR) is 47.2 cm³/mol. The number of ether oxygens (including phenoxy) is 1. The minimum atomic E-state index is -0.926. The molecule has 0 aromatic carbocycles. The molecule has 0 radical (unpaired) electrons. The molecule has 1 N–H and O–H groups in total. The summed E-state index contributed by atoms with van der Waals surface area (Å²) >= 11 is 5.61. The molecule has 4 heteroatoms. The molecule has 0 aromatic rings. The molecule has 0 fully saturated rings. The lowest BCUT2D eigenvalue weighted by Crippen LogP contribution is -2.30. The minimum absolute atomic E-state index is 0.293. The molecule has 3 nitrogen and oxygen atoms in total. The van der Waals surface area contributed by atoms with Crippen LogP contribution in [0, 0.1) is 0 Å². The molecular formula is C8H15ClO3. The van der Waals surface area contributed by atoms with E-state index in [0.717, 1.165) is 6.42 Å². The Morgan fingerprint density at radius 3 is 2.58 bits per heavy atom. The molecule has 0 bridgehead atoms. The summed E-state index contributed by atoms with van der Waals surface area (Å²) in [6, 6.07) is 0. The van der Waals surface area contributed by atoms with E-state index in [0.29, 0.717) is 13.0 Å². The Morgan fingerprint density at radius 1 is 1.58 bits per heavy atom.